The van der Waals surface area contributed by atoms with Crippen molar-refractivity contribution < 1.29 is 19.1 Å². The number of amides is 2. The molecule has 25 heavy (non-hydrogen) atoms. The number of benzene rings is 1. The average molecular weight is 358 g/mol. The van der Waals surface area contributed by atoms with Crippen molar-refractivity contribution >= 4 is 35.2 Å². The van der Waals surface area contributed by atoms with E-state index in [1.807, 2.05) is 0 Å². The number of thioether (sulfide) groups is 1. The summed E-state index contributed by atoms with van der Waals surface area (Å²) in [5, 5.41) is 0.479. The fraction of sp³-hybridized carbons (Fsp3) is 0.278. The third-order valence-electron chi connectivity index (χ3n) is 3.62. The van der Waals surface area contributed by atoms with Gasteiger partial charge in [-0.3, -0.25) is 9.59 Å². The lowest BCUT2D eigenvalue weighted by molar-refractivity contribution is 0.00613. The molecule has 6 nitrogen and oxygen atoms in total. The molecule has 0 radical (unpaired) electrons. The second kappa shape index (κ2) is 6.07. The van der Waals surface area contributed by atoms with Gasteiger partial charge in [-0.25, -0.2) is 9.69 Å². The summed E-state index contributed by atoms with van der Waals surface area (Å²) in [6.45, 7) is 5.23. The van der Waals surface area contributed by atoms with Crippen LogP contribution in [0.15, 0.2) is 35.4 Å². The third-order valence-corrected chi connectivity index (χ3v) is 4.34. The maximum Gasteiger partial charge on any atom is 0.356 e. The second-order valence-electron chi connectivity index (χ2n) is 6.57. The number of ether oxygens (including phenoxy) is 1. The predicted molar refractivity (Wildman–Crippen MR) is 95.3 cm³/mol. The lowest BCUT2D eigenvalue weighted by Crippen LogP contribution is -2.31. The first-order valence-electron chi connectivity index (χ1n) is 7.71. The molecule has 130 valence electrons. The molecule has 2 heterocycles. The van der Waals surface area contributed by atoms with Gasteiger partial charge in [0, 0.05) is 0 Å². The Labute approximate surface area is 149 Å². The lowest BCUT2D eigenvalue weighted by atomic mass is 10.1. The third kappa shape index (κ3) is 2.95. The Morgan fingerprint density at radius 1 is 1.08 bits per heavy atom. The highest BCUT2D eigenvalue weighted by Gasteiger charge is 2.44. The van der Waals surface area contributed by atoms with Gasteiger partial charge in [0.2, 0.25) is 0 Å². The highest BCUT2D eigenvalue weighted by Crippen LogP contribution is 2.36. The number of fused-ring (bicyclic) bond motifs is 1. The lowest BCUT2D eigenvalue weighted by Gasteiger charge is -2.19. The van der Waals surface area contributed by atoms with Crippen molar-refractivity contribution in [1.82, 2.24) is 4.98 Å². The molecule has 0 bridgehead atoms. The summed E-state index contributed by atoms with van der Waals surface area (Å²) in [5.74, 6) is -1.62. The number of nitrogens with one attached hydrogen (secondary N) is 1. The zero-order valence-electron chi connectivity index (χ0n) is 14.4. The summed E-state index contributed by atoms with van der Waals surface area (Å²) in [4.78, 5) is 42.2. The van der Waals surface area contributed by atoms with E-state index in [0.29, 0.717) is 10.7 Å². The maximum absolute atomic E-state index is 12.9. The summed E-state index contributed by atoms with van der Waals surface area (Å²) in [7, 11) is 0. The largest absolute Gasteiger partial charge is 0.455 e. The SMILES string of the molecule is CSc1[nH]c(C(=O)OC(C)(C)C)c2c1C(=O)N(c1ccccc1)C2=O. The molecule has 0 saturated carbocycles. The molecular weight excluding hydrogens is 340 g/mol. The van der Waals surface area contributed by atoms with Crippen LogP contribution in [0.4, 0.5) is 5.69 Å². The number of anilines is 1. The molecule has 0 fully saturated rings. The molecule has 1 aliphatic rings. The monoisotopic (exact) mass is 358 g/mol. The van der Waals surface area contributed by atoms with Crippen LogP contribution >= 0.6 is 11.8 Å². The Morgan fingerprint density at radius 3 is 2.24 bits per heavy atom. The fourth-order valence-corrected chi connectivity index (χ4v) is 3.26. The van der Waals surface area contributed by atoms with E-state index in [2.05, 4.69) is 4.98 Å². The molecule has 1 aliphatic heterocycles. The van der Waals surface area contributed by atoms with Crippen LogP contribution in [0.3, 0.4) is 0 Å². The van der Waals surface area contributed by atoms with Crippen molar-refractivity contribution in [1.29, 1.82) is 0 Å². The van der Waals surface area contributed by atoms with Gasteiger partial charge in [-0.1, -0.05) is 18.2 Å². The average Bonchev–Trinajstić information content (AvgIpc) is 3.04. The molecule has 0 atom stereocenters. The highest BCUT2D eigenvalue weighted by atomic mass is 32.2. The van der Waals surface area contributed by atoms with Crippen LogP contribution in [0.5, 0.6) is 0 Å². The number of aromatic nitrogens is 1. The number of aromatic amines is 1. The number of H-pyrrole nitrogens is 1. The molecule has 7 heteroatoms. The number of esters is 1. The normalized spacial score (nSPS) is 14.0. The van der Waals surface area contributed by atoms with E-state index >= 15 is 0 Å². The van der Waals surface area contributed by atoms with E-state index in [4.69, 9.17) is 4.74 Å². The molecule has 1 N–H and O–H groups in total. The predicted octanol–water partition coefficient (Wildman–Crippen LogP) is 3.49. The number of carbonyl (C=O) groups excluding carboxylic acids is 3. The number of carbonyl (C=O) groups is 3. The minimum atomic E-state index is -0.709. The van der Waals surface area contributed by atoms with Crippen molar-refractivity contribution in [3.8, 4) is 0 Å². The topological polar surface area (TPSA) is 79.5 Å². The molecule has 3 rings (SSSR count). The Balaban J connectivity index is 2.10. The Bertz CT molecular complexity index is 865. The highest BCUT2D eigenvalue weighted by molar-refractivity contribution is 7.98. The van der Waals surface area contributed by atoms with Gasteiger partial charge in [0.25, 0.3) is 11.8 Å². The van der Waals surface area contributed by atoms with Crippen LogP contribution < -0.4 is 4.90 Å². The van der Waals surface area contributed by atoms with E-state index in [-0.39, 0.29) is 16.8 Å². The Kier molecular flexibility index (Phi) is 4.20. The van der Waals surface area contributed by atoms with Crippen LogP contribution in [-0.2, 0) is 4.74 Å². The fourth-order valence-electron chi connectivity index (χ4n) is 2.66. The van der Waals surface area contributed by atoms with Gasteiger partial charge < -0.3 is 9.72 Å². The van der Waals surface area contributed by atoms with Gasteiger partial charge in [-0.05, 0) is 39.2 Å². The van der Waals surface area contributed by atoms with Crippen LogP contribution in [-0.4, -0.2) is 34.6 Å². The molecule has 1 aromatic heterocycles. The summed E-state index contributed by atoms with van der Waals surface area (Å²) in [6.07, 6.45) is 1.77. The van der Waals surface area contributed by atoms with Crippen LogP contribution in [0, 0.1) is 0 Å². The number of hydrogen-bond acceptors (Lipinski definition) is 5. The quantitative estimate of drug-likeness (QED) is 0.516. The van der Waals surface area contributed by atoms with Crippen molar-refractivity contribution in [2.75, 3.05) is 11.2 Å². The molecule has 0 spiro atoms. The van der Waals surface area contributed by atoms with Gasteiger partial charge in [0.1, 0.15) is 11.3 Å². The zero-order chi connectivity index (χ0) is 18.4. The maximum atomic E-state index is 12.9. The van der Waals surface area contributed by atoms with Crippen molar-refractivity contribution in [3.05, 3.63) is 47.2 Å². The minimum absolute atomic E-state index is 0.0195. The first kappa shape index (κ1) is 17.3. The van der Waals surface area contributed by atoms with E-state index in [1.54, 1.807) is 57.4 Å². The van der Waals surface area contributed by atoms with Crippen LogP contribution in [0.25, 0.3) is 0 Å². The number of para-hydroxylation sites is 1. The number of imide groups is 1. The summed E-state index contributed by atoms with van der Waals surface area (Å²) in [6, 6.07) is 8.65. The molecular formula is C18H18N2O4S. The molecule has 2 aromatic rings. The molecule has 1 aromatic carbocycles. The minimum Gasteiger partial charge on any atom is -0.455 e. The zero-order valence-corrected chi connectivity index (χ0v) is 15.2. The van der Waals surface area contributed by atoms with E-state index in [9.17, 15) is 14.4 Å². The smallest absolute Gasteiger partial charge is 0.356 e. The van der Waals surface area contributed by atoms with Gasteiger partial charge >= 0.3 is 5.97 Å². The molecule has 0 unspecified atom stereocenters. The standard InChI is InChI=1S/C18H18N2O4S/c1-18(2,3)24-17(23)13-11-12(14(19-13)25-4)16(22)20(15(11)21)10-8-6-5-7-9-10/h5-9,19H,1-4H3. The molecule has 0 saturated heterocycles. The molecule has 2 amide bonds. The van der Waals surface area contributed by atoms with Crippen LogP contribution in [0.2, 0.25) is 0 Å². The first-order chi connectivity index (χ1) is 11.7. The number of rotatable bonds is 3. The summed E-state index contributed by atoms with van der Waals surface area (Å²) < 4.78 is 5.37. The second-order valence-corrected chi connectivity index (χ2v) is 7.38. The van der Waals surface area contributed by atoms with E-state index in [0.717, 1.165) is 4.90 Å². The summed E-state index contributed by atoms with van der Waals surface area (Å²) >= 11 is 1.27. The first-order valence-corrected chi connectivity index (χ1v) is 8.94. The van der Waals surface area contributed by atoms with Crippen molar-refractivity contribution in [2.24, 2.45) is 0 Å². The van der Waals surface area contributed by atoms with Gasteiger partial charge in [0.15, 0.2) is 0 Å². The van der Waals surface area contributed by atoms with Crippen molar-refractivity contribution in [2.45, 2.75) is 31.4 Å². The Hall–Kier alpha value is -2.54. The van der Waals surface area contributed by atoms with Gasteiger partial charge in [-0.2, -0.15) is 0 Å². The molecule has 0 aliphatic carbocycles. The van der Waals surface area contributed by atoms with Crippen LogP contribution in [0.1, 0.15) is 52.0 Å². The van der Waals surface area contributed by atoms with E-state index in [1.165, 1.54) is 11.8 Å². The van der Waals surface area contributed by atoms with Gasteiger partial charge in [-0.15, -0.1) is 11.8 Å². The van der Waals surface area contributed by atoms with Crippen molar-refractivity contribution in [3.63, 3.8) is 0 Å². The summed E-state index contributed by atoms with van der Waals surface area (Å²) in [5.41, 5.74) is 0.0796. The van der Waals surface area contributed by atoms with E-state index < -0.39 is 23.4 Å². The number of hydrogen-bond donors (Lipinski definition) is 1. The Morgan fingerprint density at radius 2 is 1.68 bits per heavy atom. The number of nitrogens with zero attached hydrogens (tertiary/aromatic N) is 1. The van der Waals surface area contributed by atoms with Gasteiger partial charge in [0.05, 0.1) is 21.8 Å².